The summed E-state index contributed by atoms with van der Waals surface area (Å²) < 4.78 is 12.8. The van der Waals surface area contributed by atoms with E-state index < -0.39 is 5.79 Å². The molecule has 0 aliphatic rings. The summed E-state index contributed by atoms with van der Waals surface area (Å²) in [6.45, 7) is 10.2. The van der Waals surface area contributed by atoms with Crippen molar-refractivity contribution < 1.29 is 9.47 Å². The van der Waals surface area contributed by atoms with Gasteiger partial charge in [0, 0.05) is 18.1 Å². The topological polar surface area (TPSA) is 18.5 Å². The Balaban J connectivity index is 2.86. The molecular formula is C23H40O2. The number of hydrogen-bond donors (Lipinski definition) is 0. The van der Waals surface area contributed by atoms with Crippen molar-refractivity contribution in [3.05, 3.63) is 35.9 Å². The van der Waals surface area contributed by atoms with Crippen molar-refractivity contribution in [2.24, 2.45) is 5.92 Å². The molecular weight excluding hydrogens is 308 g/mol. The quantitative estimate of drug-likeness (QED) is 0.249. The molecule has 0 fully saturated rings. The van der Waals surface area contributed by atoms with Crippen LogP contribution in [0.15, 0.2) is 30.3 Å². The lowest BCUT2D eigenvalue weighted by Gasteiger charge is -2.40. The molecule has 2 nitrogen and oxygen atoms in total. The van der Waals surface area contributed by atoms with E-state index in [2.05, 4.69) is 58.0 Å². The third-order valence-corrected chi connectivity index (χ3v) is 4.99. The van der Waals surface area contributed by atoms with E-state index in [0.29, 0.717) is 12.5 Å². The summed E-state index contributed by atoms with van der Waals surface area (Å²) in [5.74, 6) is -0.197. The van der Waals surface area contributed by atoms with Crippen molar-refractivity contribution in [2.75, 3.05) is 13.2 Å². The van der Waals surface area contributed by atoms with Crippen LogP contribution in [0.3, 0.4) is 0 Å². The van der Waals surface area contributed by atoms with E-state index in [1.807, 2.05) is 0 Å². The normalized spacial score (nSPS) is 15.0. The largest absolute Gasteiger partial charge is 0.346 e. The molecule has 0 heterocycles. The zero-order valence-corrected chi connectivity index (χ0v) is 17.1. The van der Waals surface area contributed by atoms with E-state index in [-0.39, 0.29) is 0 Å². The van der Waals surface area contributed by atoms with Gasteiger partial charge < -0.3 is 9.47 Å². The van der Waals surface area contributed by atoms with Crippen LogP contribution in [-0.4, -0.2) is 13.2 Å². The maximum Gasteiger partial charge on any atom is 0.197 e. The van der Waals surface area contributed by atoms with Gasteiger partial charge in [-0.25, -0.2) is 0 Å². The fourth-order valence-corrected chi connectivity index (χ4v) is 3.65. The third kappa shape index (κ3) is 7.11. The van der Waals surface area contributed by atoms with Crippen molar-refractivity contribution >= 4 is 0 Å². The first-order chi connectivity index (χ1) is 12.2. The number of benzene rings is 1. The fraction of sp³-hybridized carbons (Fsp3) is 0.739. The maximum absolute atomic E-state index is 6.43. The zero-order chi connectivity index (χ0) is 18.4. The Hall–Kier alpha value is -0.860. The number of ether oxygens (including phenoxy) is 2. The summed E-state index contributed by atoms with van der Waals surface area (Å²) in [4.78, 5) is 0. The Bertz CT molecular complexity index is 417. The molecule has 0 saturated heterocycles. The predicted octanol–water partition coefficient (Wildman–Crippen LogP) is 7.08. The van der Waals surface area contributed by atoms with E-state index in [1.165, 1.54) is 50.5 Å². The third-order valence-electron chi connectivity index (χ3n) is 4.99. The second-order valence-electron chi connectivity index (χ2n) is 6.98. The first kappa shape index (κ1) is 22.2. The minimum absolute atomic E-state index is 0.396. The minimum atomic E-state index is -0.593. The van der Waals surface area contributed by atoms with Crippen LogP contribution in [0, 0.1) is 5.92 Å². The highest BCUT2D eigenvalue weighted by molar-refractivity contribution is 5.21. The highest BCUT2D eigenvalue weighted by atomic mass is 16.7. The van der Waals surface area contributed by atoms with Crippen LogP contribution in [0.2, 0.25) is 0 Å². The lowest BCUT2D eigenvalue weighted by atomic mass is 9.85. The molecule has 1 aromatic rings. The van der Waals surface area contributed by atoms with Crippen LogP contribution in [0.5, 0.6) is 0 Å². The van der Waals surface area contributed by atoms with Gasteiger partial charge in [-0.2, -0.15) is 0 Å². The molecule has 0 amide bonds. The fourth-order valence-electron chi connectivity index (χ4n) is 3.65. The van der Waals surface area contributed by atoms with Gasteiger partial charge in [-0.1, -0.05) is 89.6 Å². The van der Waals surface area contributed by atoms with Crippen LogP contribution in [-0.2, 0) is 15.3 Å². The van der Waals surface area contributed by atoms with Crippen LogP contribution >= 0.6 is 0 Å². The first-order valence-corrected chi connectivity index (χ1v) is 10.6. The standard InChI is InChI=1S/C23H40O2/c1-5-9-10-11-12-14-17-21(7-3)23(24-8-4,25-20-6-2)22-18-15-13-16-19-22/h13,15-16,18-19,21H,5-12,14,17,20H2,1-4H3. The summed E-state index contributed by atoms with van der Waals surface area (Å²) in [5, 5.41) is 0. The SMILES string of the molecule is CCCCCCCCC(CC)C(OCC)(OCCC)c1ccccc1. The lowest BCUT2D eigenvalue weighted by Crippen LogP contribution is -2.41. The number of hydrogen-bond acceptors (Lipinski definition) is 2. The van der Waals surface area contributed by atoms with Gasteiger partial charge in [-0.05, 0) is 26.2 Å². The van der Waals surface area contributed by atoms with Gasteiger partial charge in [-0.3, -0.25) is 0 Å². The first-order valence-electron chi connectivity index (χ1n) is 10.6. The molecule has 0 saturated carbocycles. The zero-order valence-electron chi connectivity index (χ0n) is 17.1. The molecule has 2 heteroatoms. The summed E-state index contributed by atoms with van der Waals surface area (Å²) in [6.07, 6.45) is 11.2. The highest BCUT2D eigenvalue weighted by Crippen LogP contribution is 2.40. The van der Waals surface area contributed by atoms with Crippen molar-refractivity contribution in [3.63, 3.8) is 0 Å². The van der Waals surface area contributed by atoms with Crippen LogP contribution in [0.1, 0.15) is 91.0 Å². The Kier molecular flexibility index (Phi) is 11.9. The van der Waals surface area contributed by atoms with Gasteiger partial charge in [0.25, 0.3) is 0 Å². The van der Waals surface area contributed by atoms with Crippen molar-refractivity contribution in [2.45, 2.75) is 91.3 Å². The second kappa shape index (κ2) is 13.4. The Morgan fingerprint density at radius 2 is 1.48 bits per heavy atom. The minimum Gasteiger partial charge on any atom is -0.346 e. The predicted molar refractivity (Wildman–Crippen MR) is 108 cm³/mol. The summed E-state index contributed by atoms with van der Waals surface area (Å²) in [5.41, 5.74) is 1.17. The van der Waals surface area contributed by atoms with Gasteiger partial charge in [0.05, 0.1) is 6.61 Å². The molecule has 2 atom stereocenters. The van der Waals surface area contributed by atoms with E-state index in [9.17, 15) is 0 Å². The Morgan fingerprint density at radius 3 is 2.08 bits per heavy atom. The van der Waals surface area contributed by atoms with Gasteiger partial charge >= 0.3 is 0 Å². The van der Waals surface area contributed by atoms with Gasteiger partial charge in [0.1, 0.15) is 0 Å². The molecule has 0 N–H and O–H groups in total. The van der Waals surface area contributed by atoms with Crippen molar-refractivity contribution in [1.29, 1.82) is 0 Å². The summed E-state index contributed by atoms with van der Waals surface area (Å²) in [6, 6.07) is 10.6. The van der Waals surface area contributed by atoms with Crippen LogP contribution in [0.4, 0.5) is 0 Å². The highest BCUT2D eigenvalue weighted by Gasteiger charge is 2.41. The second-order valence-corrected chi connectivity index (χ2v) is 6.98. The van der Waals surface area contributed by atoms with Gasteiger partial charge in [-0.15, -0.1) is 0 Å². The molecule has 0 aliphatic heterocycles. The molecule has 0 aromatic heterocycles. The molecule has 0 spiro atoms. The van der Waals surface area contributed by atoms with E-state index >= 15 is 0 Å². The molecule has 0 aliphatic carbocycles. The number of rotatable bonds is 15. The molecule has 0 radical (unpaired) electrons. The van der Waals surface area contributed by atoms with E-state index in [4.69, 9.17) is 9.47 Å². The number of unbranched alkanes of at least 4 members (excludes halogenated alkanes) is 5. The maximum atomic E-state index is 6.43. The smallest absolute Gasteiger partial charge is 0.197 e. The molecule has 25 heavy (non-hydrogen) atoms. The molecule has 1 rings (SSSR count). The lowest BCUT2D eigenvalue weighted by molar-refractivity contribution is -0.278. The Labute approximate surface area is 156 Å². The molecule has 144 valence electrons. The summed E-state index contributed by atoms with van der Waals surface area (Å²) in [7, 11) is 0. The molecule has 1 aromatic carbocycles. The van der Waals surface area contributed by atoms with Gasteiger partial charge in [0.2, 0.25) is 0 Å². The van der Waals surface area contributed by atoms with Crippen molar-refractivity contribution in [3.8, 4) is 0 Å². The van der Waals surface area contributed by atoms with Gasteiger partial charge in [0.15, 0.2) is 5.79 Å². The monoisotopic (exact) mass is 348 g/mol. The van der Waals surface area contributed by atoms with Crippen LogP contribution < -0.4 is 0 Å². The van der Waals surface area contributed by atoms with Crippen molar-refractivity contribution in [1.82, 2.24) is 0 Å². The van der Waals surface area contributed by atoms with E-state index in [0.717, 1.165) is 19.4 Å². The average molecular weight is 349 g/mol. The molecule has 0 bridgehead atoms. The summed E-state index contributed by atoms with van der Waals surface area (Å²) >= 11 is 0. The van der Waals surface area contributed by atoms with E-state index in [1.54, 1.807) is 0 Å². The average Bonchev–Trinajstić information content (AvgIpc) is 2.65. The van der Waals surface area contributed by atoms with Crippen LogP contribution in [0.25, 0.3) is 0 Å². The Morgan fingerprint density at radius 1 is 0.800 bits per heavy atom. The molecule has 2 unspecified atom stereocenters.